The monoisotopic (exact) mass is 247 g/mol. The zero-order chi connectivity index (χ0) is 13.1. The average molecular weight is 247 g/mol. The normalized spacial score (nSPS) is 11.6. The number of hydrogen-bond acceptors (Lipinski definition) is 2. The predicted octanol–water partition coefficient (Wildman–Crippen LogP) is 2.88. The van der Waals surface area contributed by atoms with Gasteiger partial charge in [0.2, 0.25) is 0 Å². The number of aryl methyl sites for hydroxylation is 1. The fourth-order valence-electron chi connectivity index (χ4n) is 1.75. The number of rotatable bonds is 4. The van der Waals surface area contributed by atoms with E-state index in [4.69, 9.17) is 5.11 Å². The summed E-state index contributed by atoms with van der Waals surface area (Å²) in [4.78, 5) is 1.27. The number of anilines is 1. The van der Waals surface area contributed by atoms with E-state index in [1.807, 2.05) is 0 Å². The third-order valence-corrected chi connectivity index (χ3v) is 2.54. The van der Waals surface area contributed by atoms with Gasteiger partial charge in [-0.2, -0.15) is 13.2 Å². The molecule has 96 valence electrons. The topological polar surface area (TPSA) is 23.5 Å². The highest BCUT2D eigenvalue weighted by Gasteiger charge is 2.30. The van der Waals surface area contributed by atoms with Gasteiger partial charge in [0, 0.05) is 12.2 Å². The molecule has 0 spiro atoms. The molecule has 1 aromatic carbocycles. The molecule has 0 bridgehead atoms. The molecule has 0 saturated carbocycles. The summed E-state index contributed by atoms with van der Waals surface area (Å²) in [7, 11) is 0. The van der Waals surface area contributed by atoms with Crippen LogP contribution >= 0.6 is 0 Å². The molecule has 0 aromatic heterocycles. The van der Waals surface area contributed by atoms with Gasteiger partial charge in [0.05, 0.1) is 6.61 Å². The van der Waals surface area contributed by atoms with Crippen LogP contribution in [0.25, 0.3) is 0 Å². The van der Waals surface area contributed by atoms with Crippen LogP contribution in [0.3, 0.4) is 0 Å². The van der Waals surface area contributed by atoms with E-state index in [0.29, 0.717) is 17.8 Å². The van der Waals surface area contributed by atoms with E-state index in [1.165, 1.54) is 4.90 Å². The van der Waals surface area contributed by atoms with Crippen LogP contribution < -0.4 is 4.90 Å². The van der Waals surface area contributed by atoms with Gasteiger partial charge >= 0.3 is 6.18 Å². The lowest BCUT2D eigenvalue weighted by molar-refractivity contribution is -0.119. The molecule has 17 heavy (non-hydrogen) atoms. The van der Waals surface area contributed by atoms with Gasteiger partial charge in [0.15, 0.2) is 0 Å². The molecular formula is C12H16F3NO. The summed E-state index contributed by atoms with van der Waals surface area (Å²) in [6.45, 7) is 2.66. The smallest absolute Gasteiger partial charge is 0.392 e. The summed E-state index contributed by atoms with van der Waals surface area (Å²) < 4.78 is 37.1. The van der Waals surface area contributed by atoms with Gasteiger partial charge in [-0.05, 0) is 31.0 Å². The van der Waals surface area contributed by atoms with Crippen molar-refractivity contribution in [2.75, 3.05) is 18.0 Å². The lowest BCUT2D eigenvalue weighted by Crippen LogP contribution is -2.34. The van der Waals surface area contributed by atoms with E-state index in [-0.39, 0.29) is 6.61 Å². The Hall–Kier alpha value is -1.23. The highest BCUT2D eigenvalue weighted by Crippen LogP contribution is 2.25. The van der Waals surface area contributed by atoms with E-state index in [2.05, 4.69) is 0 Å². The quantitative estimate of drug-likeness (QED) is 0.884. The van der Waals surface area contributed by atoms with Crippen LogP contribution in [0.5, 0.6) is 0 Å². The van der Waals surface area contributed by atoms with Gasteiger partial charge in [0.25, 0.3) is 0 Å². The molecule has 0 radical (unpaired) electrons. The SMILES string of the molecule is CCN(CC(F)(F)F)c1ccc(CO)cc1C. The Balaban J connectivity index is 2.96. The van der Waals surface area contributed by atoms with Crippen molar-refractivity contribution in [3.63, 3.8) is 0 Å². The van der Waals surface area contributed by atoms with Crippen LogP contribution in [-0.2, 0) is 6.61 Å². The van der Waals surface area contributed by atoms with Crippen molar-refractivity contribution in [2.24, 2.45) is 0 Å². The first kappa shape index (κ1) is 13.8. The molecule has 0 atom stereocenters. The zero-order valence-corrected chi connectivity index (χ0v) is 9.88. The van der Waals surface area contributed by atoms with Gasteiger partial charge < -0.3 is 10.0 Å². The van der Waals surface area contributed by atoms with Crippen molar-refractivity contribution >= 4 is 5.69 Å². The van der Waals surface area contributed by atoms with E-state index in [0.717, 1.165) is 5.56 Å². The summed E-state index contributed by atoms with van der Waals surface area (Å²) >= 11 is 0. The summed E-state index contributed by atoms with van der Waals surface area (Å²) in [5.41, 5.74) is 2.00. The highest BCUT2D eigenvalue weighted by molar-refractivity contribution is 5.54. The number of hydrogen-bond donors (Lipinski definition) is 1. The Bertz CT molecular complexity index is 377. The molecular weight excluding hydrogens is 231 g/mol. The zero-order valence-electron chi connectivity index (χ0n) is 9.88. The Kier molecular flexibility index (Phi) is 4.40. The van der Waals surface area contributed by atoms with E-state index in [9.17, 15) is 13.2 Å². The van der Waals surface area contributed by atoms with Crippen LogP contribution in [-0.4, -0.2) is 24.4 Å². The summed E-state index contributed by atoms with van der Waals surface area (Å²) in [6, 6.07) is 4.96. The van der Waals surface area contributed by atoms with Crippen LogP contribution in [0.2, 0.25) is 0 Å². The molecule has 1 rings (SSSR count). The van der Waals surface area contributed by atoms with Gasteiger partial charge in [-0.15, -0.1) is 0 Å². The van der Waals surface area contributed by atoms with Gasteiger partial charge in [0.1, 0.15) is 6.54 Å². The van der Waals surface area contributed by atoms with Crippen molar-refractivity contribution in [1.82, 2.24) is 0 Å². The highest BCUT2D eigenvalue weighted by atomic mass is 19.4. The molecule has 0 aliphatic carbocycles. The van der Waals surface area contributed by atoms with Gasteiger partial charge in [-0.3, -0.25) is 0 Å². The van der Waals surface area contributed by atoms with Crippen molar-refractivity contribution in [3.8, 4) is 0 Å². The van der Waals surface area contributed by atoms with Crippen molar-refractivity contribution < 1.29 is 18.3 Å². The van der Waals surface area contributed by atoms with Gasteiger partial charge in [-0.25, -0.2) is 0 Å². The second kappa shape index (κ2) is 5.40. The Labute approximate surface area is 98.7 Å². The maximum Gasteiger partial charge on any atom is 0.405 e. The van der Waals surface area contributed by atoms with Crippen molar-refractivity contribution in [3.05, 3.63) is 29.3 Å². The maximum absolute atomic E-state index is 12.4. The third kappa shape index (κ3) is 3.93. The number of benzene rings is 1. The number of nitrogens with zero attached hydrogens (tertiary/aromatic N) is 1. The molecule has 0 saturated heterocycles. The van der Waals surface area contributed by atoms with Gasteiger partial charge in [-0.1, -0.05) is 12.1 Å². The summed E-state index contributed by atoms with van der Waals surface area (Å²) in [6.07, 6.45) is -4.21. The number of aliphatic hydroxyl groups excluding tert-OH is 1. The third-order valence-electron chi connectivity index (χ3n) is 2.54. The second-order valence-corrected chi connectivity index (χ2v) is 3.91. The van der Waals surface area contributed by atoms with Crippen LogP contribution in [0.4, 0.5) is 18.9 Å². The van der Waals surface area contributed by atoms with Crippen LogP contribution in [0.15, 0.2) is 18.2 Å². The maximum atomic E-state index is 12.4. The molecule has 0 heterocycles. The lowest BCUT2D eigenvalue weighted by atomic mass is 10.1. The molecule has 0 unspecified atom stereocenters. The Morgan fingerprint density at radius 2 is 1.94 bits per heavy atom. The minimum absolute atomic E-state index is 0.105. The molecule has 1 aromatic rings. The van der Waals surface area contributed by atoms with Crippen molar-refractivity contribution in [2.45, 2.75) is 26.6 Å². The number of aliphatic hydroxyl groups is 1. The molecule has 5 heteroatoms. The van der Waals surface area contributed by atoms with E-state index < -0.39 is 12.7 Å². The largest absolute Gasteiger partial charge is 0.405 e. The van der Waals surface area contributed by atoms with E-state index in [1.54, 1.807) is 32.0 Å². The Morgan fingerprint density at radius 3 is 2.35 bits per heavy atom. The molecule has 2 nitrogen and oxygen atoms in total. The number of halogens is 3. The minimum atomic E-state index is -4.21. The van der Waals surface area contributed by atoms with Crippen LogP contribution in [0, 0.1) is 6.92 Å². The Morgan fingerprint density at radius 1 is 1.29 bits per heavy atom. The standard InChI is InChI=1S/C12H16F3NO/c1-3-16(8-12(13,14)15)11-5-4-10(7-17)6-9(11)2/h4-6,17H,3,7-8H2,1-2H3. The second-order valence-electron chi connectivity index (χ2n) is 3.91. The first-order chi connectivity index (χ1) is 7.87. The molecule has 1 N–H and O–H groups in total. The summed E-state index contributed by atoms with van der Waals surface area (Å²) in [5.74, 6) is 0. The molecule has 0 amide bonds. The number of alkyl halides is 3. The predicted molar refractivity (Wildman–Crippen MR) is 61.0 cm³/mol. The van der Waals surface area contributed by atoms with E-state index >= 15 is 0 Å². The summed E-state index contributed by atoms with van der Waals surface area (Å²) in [5, 5.41) is 8.94. The first-order valence-corrected chi connectivity index (χ1v) is 5.39. The average Bonchev–Trinajstić information content (AvgIpc) is 2.24. The minimum Gasteiger partial charge on any atom is -0.392 e. The molecule has 0 aliphatic heterocycles. The van der Waals surface area contributed by atoms with Crippen molar-refractivity contribution in [1.29, 1.82) is 0 Å². The van der Waals surface area contributed by atoms with Crippen LogP contribution in [0.1, 0.15) is 18.1 Å². The molecule has 0 aliphatic rings. The fraction of sp³-hybridized carbons (Fsp3) is 0.500. The first-order valence-electron chi connectivity index (χ1n) is 5.39. The molecule has 0 fully saturated rings. The fourth-order valence-corrected chi connectivity index (χ4v) is 1.75. The lowest BCUT2D eigenvalue weighted by Gasteiger charge is -2.26.